The Bertz CT molecular complexity index is 508. The highest BCUT2D eigenvalue weighted by atomic mass is 32.2. The number of hydrogen-bond acceptors (Lipinski definition) is 4. The minimum Gasteiger partial charge on any atom is -0.495 e. The van der Waals surface area contributed by atoms with Crippen LogP contribution in [0.25, 0.3) is 0 Å². The molecule has 0 radical (unpaired) electrons. The highest BCUT2D eigenvalue weighted by Crippen LogP contribution is 2.25. The van der Waals surface area contributed by atoms with Crippen LogP contribution >= 0.6 is 11.8 Å². The molecule has 0 heterocycles. The molecule has 116 valence electrons. The number of aromatic carboxylic acids is 1. The summed E-state index contributed by atoms with van der Waals surface area (Å²) in [4.78, 5) is 22.9. The molecule has 0 bridgehead atoms. The normalized spacial score (nSPS) is 11.6. The number of carbonyl (C=O) groups is 2. The van der Waals surface area contributed by atoms with Gasteiger partial charge in [0.15, 0.2) is 0 Å². The molecular weight excluding hydrogens is 292 g/mol. The lowest BCUT2D eigenvalue weighted by molar-refractivity contribution is 0.0697. The van der Waals surface area contributed by atoms with Gasteiger partial charge >= 0.3 is 12.0 Å². The summed E-state index contributed by atoms with van der Waals surface area (Å²) in [5.74, 6) is 0.166. The molecule has 0 aliphatic carbocycles. The molecule has 7 heteroatoms. The maximum Gasteiger partial charge on any atom is 0.335 e. The Hall–Kier alpha value is -1.89. The van der Waals surface area contributed by atoms with Gasteiger partial charge in [0.25, 0.3) is 0 Å². The number of carbonyl (C=O) groups excluding carboxylic acids is 1. The number of rotatable bonds is 7. The standard InChI is InChI=1S/C14H20N2O4S/c1-4-10(8-21-3)15-14(19)16-11-7-9(13(17)18)5-6-12(11)20-2/h5-7,10H,4,8H2,1-3H3,(H,17,18)(H2,15,16,19). The SMILES string of the molecule is CCC(CSC)NC(=O)Nc1cc(C(=O)O)ccc1OC. The lowest BCUT2D eigenvalue weighted by Gasteiger charge is -2.17. The van der Waals surface area contributed by atoms with E-state index >= 15 is 0 Å². The predicted octanol–water partition coefficient (Wildman–Crippen LogP) is 2.66. The van der Waals surface area contributed by atoms with Gasteiger partial charge in [0.2, 0.25) is 0 Å². The summed E-state index contributed by atoms with van der Waals surface area (Å²) in [5, 5.41) is 14.5. The molecule has 1 aromatic rings. The maximum absolute atomic E-state index is 12.0. The average molecular weight is 312 g/mol. The summed E-state index contributed by atoms with van der Waals surface area (Å²) in [6.45, 7) is 1.99. The number of carboxylic acids is 1. The molecule has 0 aromatic heterocycles. The van der Waals surface area contributed by atoms with Crippen molar-refractivity contribution in [3.8, 4) is 5.75 Å². The lowest BCUT2D eigenvalue weighted by atomic mass is 10.2. The Morgan fingerprint density at radius 1 is 1.43 bits per heavy atom. The number of anilines is 1. The van der Waals surface area contributed by atoms with Crippen molar-refractivity contribution in [3.63, 3.8) is 0 Å². The van der Waals surface area contributed by atoms with E-state index in [1.54, 1.807) is 11.8 Å². The van der Waals surface area contributed by atoms with Crippen molar-refractivity contribution in [2.75, 3.05) is 24.4 Å². The van der Waals surface area contributed by atoms with E-state index in [1.807, 2.05) is 13.2 Å². The van der Waals surface area contributed by atoms with Gasteiger partial charge in [-0.2, -0.15) is 11.8 Å². The van der Waals surface area contributed by atoms with Crippen molar-refractivity contribution >= 4 is 29.4 Å². The lowest BCUT2D eigenvalue weighted by Crippen LogP contribution is -2.39. The van der Waals surface area contributed by atoms with Gasteiger partial charge in [-0.1, -0.05) is 6.92 Å². The van der Waals surface area contributed by atoms with E-state index in [9.17, 15) is 9.59 Å². The van der Waals surface area contributed by atoms with Crippen LogP contribution in [0.3, 0.4) is 0 Å². The van der Waals surface area contributed by atoms with Crippen molar-refractivity contribution in [2.24, 2.45) is 0 Å². The number of methoxy groups -OCH3 is 1. The zero-order valence-corrected chi connectivity index (χ0v) is 13.1. The molecule has 0 saturated heterocycles. The molecule has 0 fully saturated rings. The number of ether oxygens (including phenoxy) is 1. The Morgan fingerprint density at radius 2 is 2.14 bits per heavy atom. The predicted molar refractivity (Wildman–Crippen MR) is 84.6 cm³/mol. The van der Waals surface area contributed by atoms with Crippen LogP contribution in [0.1, 0.15) is 23.7 Å². The number of thioether (sulfide) groups is 1. The molecule has 0 saturated carbocycles. The first-order chi connectivity index (χ1) is 10.0. The van der Waals surface area contributed by atoms with Crippen LogP contribution in [-0.4, -0.2) is 42.3 Å². The first-order valence-corrected chi connectivity index (χ1v) is 7.89. The molecule has 0 aliphatic heterocycles. The van der Waals surface area contributed by atoms with Gasteiger partial charge in [-0.25, -0.2) is 9.59 Å². The molecule has 0 aliphatic rings. The van der Waals surface area contributed by atoms with Crippen LogP contribution in [0.2, 0.25) is 0 Å². The second-order valence-electron chi connectivity index (χ2n) is 4.38. The third-order valence-corrected chi connectivity index (χ3v) is 3.63. The zero-order valence-electron chi connectivity index (χ0n) is 12.3. The Kier molecular flexibility index (Phi) is 6.87. The van der Waals surface area contributed by atoms with Crippen molar-refractivity contribution < 1.29 is 19.4 Å². The van der Waals surface area contributed by atoms with E-state index in [4.69, 9.17) is 9.84 Å². The van der Waals surface area contributed by atoms with Crippen molar-refractivity contribution in [1.29, 1.82) is 0 Å². The van der Waals surface area contributed by atoms with Crippen LogP contribution in [0, 0.1) is 0 Å². The largest absolute Gasteiger partial charge is 0.495 e. The number of carboxylic acid groups (broad SMARTS) is 1. The molecule has 3 N–H and O–H groups in total. The molecule has 1 atom stereocenters. The average Bonchev–Trinajstić information content (AvgIpc) is 2.46. The molecule has 6 nitrogen and oxygen atoms in total. The van der Waals surface area contributed by atoms with E-state index in [0.717, 1.165) is 12.2 Å². The van der Waals surface area contributed by atoms with Crippen LogP contribution in [0.4, 0.5) is 10.5 Å². The van der Waals surface area contributed by atoms with Crippen LogP contribution in [0.15, 0.2) is 18.2 Å². The van der Waals surface area contributed by atoms with Crippen molar-refractivity contribution in [3.05, 3.63) is 23.8 Å². The van der Waals surface area contributed by atoms with E-state index in [1.165, 1.54) is 25.3 Å². The number of amides is 2. The Morgan fingerprint density at radius 3 is 2.67 bits per heavy atom. The third-order valence-electron chi connectivity index (χ3n) is 2.89. The van der Waals surface area contributed by atoms with E-state index in [0.29, 0.717) is 11.4 Å². The minimum atomic E-state index is -1.06. The van der Waals surface area contributed by atoms with Crippen LogP contribution in [-0.2, 0) is 0 Å². The Labute approximate surface area is 128 Å². The van der Waals surface area contributed by atoms with Gasteiger partial charge in [0.1, 0.15) is 5.75 Å². The monoisotopic (exact) mass is 312 g/mol. The fourth-order valence-corrected chi connectivity index (χ4v) is 2.47. The van der Waals surface area contributed by atoms with Crippen molar-refractivity contribution in [1.82, 2.24) is 5.32 Å². The van der Waals surface area contributed by atoms with E-state index in [2.05, 4.69) is 10.6 Å². The first-order valence-electron chi connectivity index (χ1n) is 6.49. The molecule has 1 unspecified atom stereocenters. The number of hydrogen-bond donors (Lipinski definition) is 3. The molecule has 1 rings (SSSR count). The number of nitrogens with one attached hydrogen (secondary N) is 2. The summed E-state index contributed by atoms with van der Waals surface area (Å²) in [6.07, 6.45) is 2.79. The molecular formula is C14H20N2O4S. The first kappa shape index (κ1) is 17.2. The topological polar surface area (TPSA) is 87.7 Å². The smallest absolute Gasteiger partial charge is 0.335 e. The molecule has 21 heavy (non-hydrogen) atoms. The van der Waals surface area contributed by atoms with Gasteiger partial charge in [0.05, 0.1) is 18.4 Å². The van der Waals surface area contributed by atoms with E-state index < -0.39 is 5.97 Å². The third kappa shape index (κ3) is 5.18. The van der Waals surface area contributed by atoms with Crippen LogP contribution in [0.5, 0.6) is 5.75 Å². The molecule has 2 amide bonds. The Balaban J connectivity index is 2.82. The van der Waals surface area contributed by atoms with Gasteiger partial charge in [-0.15, -0.1) is 0 Å². The second-order valence-corrected chi connectivity index (χ2v) is 5.29. The zero-order chi connectivity index (χ0) is 15.8. The summed E-state index contributed by atoms with van der Waals surface area (Å²) < 4.78 is 5.12. The minimum absolute atomic E-state index is 0.0636. The van der Waals surface area contributed by atoms with Gasteiger partial charge in [-0.3, -0.25) is 0 Å². The fraction of sp³-hybridized carbons (Fsp3) is 0.429. The summed E-state index contributed by atoms with van der Waals surface area (Å²) >= 11 is 1.65. The summed E-state index contributed by atoms with van der Waals surface area (Å²) in [7, 11) is 1.46. The van der Waals surface area contributed by atoms with Gasteiger partial charge in [0, 0.05) is 11.8 Å². The molecule has 0 spiro atoms. The second kappa shape index (κ2) is 8.41. The number of urea groups is 1. The van der Waals surface area contributed by atoms with Gasteiger partial charge in [-0.05, 0) is 30.9 Å². The van der Waals surface area contributed by atoms with Gasteiger partial charge < -0.3 is 20.5 Å². The maximum atomic E-state index is 12.0. The quantitative estimate of drug-likeness (QED) is 0.720. The summed E-state index contributed by atoms with van der Waals surface area (Å²) in [6, 6.07) is 3.99. The highest BCUT2D eigenvalue weighted by Gasteiger charge is 2.14. The number of benzene rings is 1. The summed E-state index contributed by atoms with van der Waals surface area (Å²) in [5.41, 5.74) is 0.413. The fourth-order valence-electron chi connectivity index (χ4n) is 1.75. The molecule has 1 aromatic carbocycles. The van der Waals surface area contributed by atoms with E-state index in [-0.39, 0.29) is 17.6 Å². The van der Waals surface area contributed by atoms with Crippen molar-refractivity contribution in [2.45, 2.75) is 19.4 Å². The van der Waals surface area contributed by atoms with Crippen LogP contribution < -0.4 is 15.4 Å². The highest BCUT2D eigenvalue weighted by molar-refractivity contribution is 7.98.